The van der Waals surface area contributed by atoms with E-state index in [1.54, 1.807) is 40.8 Å². The molecule has 5 heteroatoms. The van der Waals surface area contributed by atoms with E-state index in [1.165, 1.54) is 0 Å². The molecule has 4 nitrogen and oxygen atoms in total. The van der Waals surface area contributed by atoms with E-state index in [-0.39, 0.29) is 11.9 Å². The first kappa shape index (κ1) is 14.7. The number of thiazole rings is 1. The van der Waals surface area contributed by atoms with Crippen molar-refractivity contribution in [3.63, 3.8) is 0 Å². The smallest absolute Gasteiger partial charge is 0.260 e. The highest BCUT2D eigenvalue weighted by Crippen LogP contribution is 2.31. The van der Waals surface area contributed by atoms with Gasteiger partial charge in [-0.2, -0.15) is 0 Å². The summed E-state index contributed by atoms with van der Waals surface area (Å²) in [7, 11) is 0. The second kappa shape index (κ2) is 6.23. The molecule has 1 aromatic carbocycles. The molecular weight excluding hydrogens is 294 g/mol. The van der Waals surface area contributed by atoms with Crippen molar-refractivity contribution in [1.82, 2.24) is 9.97 Å². The Hall–Kier alpha value is -2.27. The lowest BCUT2D eigenvalue weighted by atomic mass is 10.2. The van der Waals surface area contributed by atoms with Gasteiger partial charge in [0.1, 0.15) is 0 Å². The van der Waals surface area contributed by atoms with Gasteiger partial charge in [-0.3, -0.25) is 14.7 Å². The average Bonchev–Trinajstić information content (AvgIpc) is 2.99. The van der Waals surface area contributed by atoms with Crippen LogP contribution in [0.4, 0.5) is 5.13 Å². The van der Waals surface area contributed by atoms with E-state index in [9.17, 15) is 4.79 Å². The first-order valence-corrected chi connectivity index (χ1v) is 8.11. The van der Waals surface area contributed by atoms with Gasteiger partial charge in [0.2, 0.25) is 0 Å². The highest BCUT2D eigenvalue weighted by atomic mass is 32.1. The standard InChI is InChI=1S/C17H17N3OS/c1-3-12(2)20(16(21)13-8-10-18-11-9-13)17-19-14-6-4-5-7-15(14)22-17/h4-12H,3H2,1-2H3. The monoisotopic (exact) mass is 311 g/mol. The molecule has 1 amide bonds. The Morgan fingerprint density at radius 1 is 1.23 bits per heavy atom. The highest BCUT2D eigenvalue weighted by Gasteiger charge is 2.25. The molecule has 0 fully saturated rings. The van der Waals surface area contributed by atoms with E-state index >= 15 is 0 Å². The van der Waals surface area contributed by atoms with Gasteiger partial charge >= 0.3 is 0 Å². The molecular formula is C17H17N3OS. The van der Waals surface area contributed by atoms with Crippen molar-refractivity contribution in [3.05, 3.63) is 54.4 Å². The summed E-state index contributed by atoms with van der Waals surface area (Å²) in [5.41, 5.74) is 1.56. The molecule has 0 bridgehead atoms. The number of hydrogen-bond donors (Lipinski definition) is 0. The van der Waals surface area contributed by atoms with E-state index in [4.69, 9.17) is 0 Å². The molecule has 0 aliphatic carbocycles. The SMILES string of the molecule is CCC(C)N(C(=O)c1ccncc1)c1nc2ccccc2s1. The molecule has 0 saturated carbocycles. The first-order chi connectivity index (χ1) is 10.7. The fourth-order valence-corrected chi connectivity index (χ4v) is 3.32. The summed E-state index contributed by atoms with van der Waals surface area (Å²) >= 11 is 1.55. The van der Waals surface area contributed by atoms with Gasteiger partial charge in [0.25, 0.3) is 5.91 Å². The third kappa shape index (κ3) is 2.72. The van der Waals surface area contributed by atoms with E-state index in [0.29, 0.717) is 5.56 Å². The lowest BCUT2D eigenvalue weighted by Crippen LogP contribution is -2.38. The summed E-state index contributed by atoms with van der Waals surface area (Å²) in [5.74, 6) is -0.0317. The quantitative estimate of drug-likeness (QED) is 0.727. The molecule has 0 spiro atoms. The second-order valence-electron chi connectivity index (χ2n) is 5.13. The van der Waals surface area contributed by atoms with Crippen molar-refractivity contribution in [2.24, 2.45) is 0 Å². The molecule has 112 valence electrons. The number of para-hydroxylation sites is 1. The van der Waals surface area contributed by atoms with Crippen LogP contribution in [0.1, 0.15) is 30.6 Å². The van der Waals surface area contributed by atoms with E-state index in [2.05, 4.69) is 16.9 Å². The summed E-state index contributed by atoms with van der Waals surface area (Å²) in [6, 6.07) is 11.5. The minimum Gasteiger partial charge on any atom is -0.281 e. The van der Waals surface area contributed by atoms with Crippen molar-refractivity contribution in [2.45, 2.75) is 26.3 Å². The maximum absolute atomic E-state index is 12.9. The maximum Gasteiger partial charge on any atom is 0.260 e. The predicted molar refractivity (Wildman–Crippen MR) is 90.4 cm³/mol. The van der Waals surface area contributed by atoms with Gasteiger partial charge in [0.05, 0.1) is 10.2 Å². The number of anilines is 1. The summed E-state index contributed by atoms with van der Waals surface area (Å²) < 4.78 is 1.09. The van der Waals surface area contributed by atoms with Gasteiger partial charge in [0, 0.05) is 24.0 Å². The molecule has 0 radical (unpaired) electrons. The number of carbonyl (C=O) groups excluding carboxylic acids is 1. The van der Waals surface area contributed by atoms with Crippen molar-refractivity contribution < 1.29 is 4.79 Å². The molecule has 3 aromatic rings. The largest absolute Gasteiger partial charge is 0.281 e. The molecule has 0 aliphatic rings. The molecule has 0 aliphatic heterocycles. The zero-order valence-electron chi connectivity index (χ0n) is 12.6. The van der Waals surface area contributed by atoms with Crippen LogP contribution in [-0.4, -0.2) is 21.9 Å². The van der Waals surface area contributed by atoms with Gasteiger partial charge in [-0.1, -0.05) is 30.4 Å². The van der Waals surface area contributed by atoms with Crippen LogP contribution in [0.5, 0.6) is 0 Å². The third-order valence-corrected chi connectivity index (χ3v) is 4.70. The number of pyridine rings is 1. The fourth-order valence-electron chi connectivity index (χ4n) is 2.25. The summed E-state index contributed by atoms with van der Waals surface area (Å²) in [5, 5.41) is 0.748. The molecule has 22 heavy (non-hydrogen) atoms. The van der Waals surface area contributed by atoms with Crippen LogP contribution < -0.4 is 4.90 Å². The van der Waals surface area contributed by atoms with Crippen molar-refractivity contribution in [1.29, 1.82) is 0 Å². The summed E-state index contributed by atoms with van der Waals surface area (Å²) in [4.78, 5) is 23.3. The fraction of sp³-hybridized carbons (Fsp3) is 0.235. The van der Waals surface area contributed by atoms with Gasteiger partial charge in [-0.25, -0.2) is 4.98 Å². The molecule has 0 N–H and O–H groups in total. The second-order valence-corrected chi connectivity index (χ2v) is 6.14. The number of aromatic nitrogens is 2. The number of benzene rings is 1. The number of nitrogens with zero attached hydrogens (tertiary/aromatic N) is 3. The Bertz CT molecular complexity index is 752. The lowest BCUT2D eigenvalue weighted by molar-refractivity contribution is 0.0977. The van der Waals surface area contributed by atoms with E-state index < -0.39 is 0 Å². The zero-order valence-corrected chi connectivity index (χ0v) is 13.4. The normalized spacial score (nSPS) is 12.3. The number of rotatable bonds is 4. The Labute approximate surface area is 133 Å². The Kier molecular flexibility index (Phi) is 4.15. The van der Waals surface area contributed by atoms with Crippen LogP contribution in [0, 0.1) is 0 Å². The number of hydrogen-bond acceptors (Lipinski definition) is 4. The average molecular weight is 311 g/mol. The molecule has 1 atom stereocenters. The van der Waals surface area contributed by atoms with Crippen LogP contribution in [0.2, 0.25) is 0 Å². The van der Waals surface area contributed by atoms with Gasteiger partial charge in [-0.15, -0.1) is 0 Å². The zero-order chi connectivity index (χ0) is 15.5. The van der Waals surface area contributed by atoms with Crippen molar-refractivity contribution in [3.8, 4) is 0 Å². The number of amides is 1. The minimum absolute atomic E-state index is 0.0317. The third-order valence-electron chi connectivity index (χ3n) is 3.67. The lowest BCUT2D eigenvalue weighted by Gasteiger charge is -2.26. The van der Waals surface area contributed by atoms with Gasteiger partial charge in [0.15, 0.2) is 5.13 Å². The minimum atomic E-state index is -0.0317. The van der Waals surface area contributed by atoms with E-state index in [0.717, 1.165) is 21.8 Å². The van der Waals surface area contributed by atoms with Crippen molar-refractivity contribution in [2.75, 3.05) is 4.90 Å². The molecule has 3 rings (SSSR count). The Balaban J connectivity index is 2.04. The first-order valence-electron chi connectivity index (χ1n) is 7.30. The van der Waals surface area contributed by atoms with E-state index in [1.807, 2.05) is 31.2 Å². The van der Waals surface area contributed by atoms with Crippen molar-refractivity contribution >= 4 is 32.6 Å². The highest BCUT2D eigenvalue weighted by molar-refractivity contribution is 7.22. The molecule has 2 aromatic heterocycles. The molecule has 2 heterocycles. The van der Waals surface area contributed by atoms with Gasteiger partial charge in [-0.05, 0) is 37.6 Å². The molecule has 1 unspecified atom stereocenters. The summed E-state index contributed by atoms with van der Waals surface area (Å²) in [6.45, 7) is 4.12. The van der Waals surface area contributed by atoms with Crippen LogP contribution >= 0.6 is 11.3 Å². The van der Waals surface area contributed by atoms with Gasteiger partial charge < -0.3 is 0 Å². The van der Waals surface area contributed by atoms with Crippen LogP contribution in [0.3, 0.4) is 0 Å². The Morgan fingerprint density at radius 2 is 1.95 bits per heavy atom. The van der Waals surface area contributed by atoms with Crippen LogP contribution in [0.15, 0.2) is 48.8 Å². The Morgan fingerprint density at radius 3 is 2.64 bits per heavy atom. The number of carbonyl (C=O) groups is 1. The van der Waals surface area contributed by atoms with Crippen LogP contribution in [-0.2, 0) is 0 Å². The predicted octanol–water partition coefficient (Wildman–Crippen LogP) is 4.14. The number of fused-ring (bicyclic) bond motifs is 1. The summed E-state index contributed by atoms with van der Waals surface area (Å²) in [6.07, 6.45) is 4.15. The molecule has 0 saturated heterocycles. The van der Waals surface area contributed by atoms with Crippen LogP contribution in [0.25, 0.3) is 10.2 Å². The maximum atomic E-state index is 12.9. The topological polar surface area (TPSA) is 46.1 Å².